The van der Waals surface area contributed by atoms with Crippen molar-refractivity contribution in [3.63, 3.8) is 0 Å². The third-order valence-electron chi connectivity index (χ3n) is 3.82. The lowest BCUT2D eigenvalue weighted by atomic mass is 10.0. The fraction of sp³-hybridized carbons (Fsp3) is 0.167. The summed E-state index contributed by atoms with van der Waals surface area (Å²) in [7, 11) is 3.07. The van der Waals surface area contributed by atoms with Crippen LogP contribution in [0.5, 0.6) is 11.5 Å². The van der Waals surface area contributed by atoms with E-state index in [0.29, 0.717) is 28.3 Å². The molecule has 0 amide bonds. The van der Waals surface area contributed by atoms with E-state index in [4.69, 9.17) is 19.6 Å². The van der Waals surface area contributed by atoms with Gasteiger partial charge in [-0.05, 0) is 43.3 Å². The minimum absolute atomic E-state index is 0.256. The molecule has 0 unspecified atom stereocenters. The van der Waals surface area contributed by atoms with Crippen LogP contribution in [0.1, 0.15) is 21.7 Å². The molecule has 3 aromatic rings. The number of rotatable bonds is 4. The number of anilines is 1. The molecule has 118 valence electrons. The Bertz CT molecular complexity index is 895. The molecule has 23 heavy (non-hydrogen) atoms. The molecule has 2 N–H and O–H groups in total. The monoisotopic (exact) mass is 311 g/mol. The van der Waals surface area contributed by atoms with Crippen molar-refractivity contribution >= 4 is 22.4 Å². The van der Waals surface area contributed by atoms with Gasteiger partial charge < -0.3 is 19.6 Å². The number of nitrogens with two attached hydrogens (primary N) is 1. The first-order valence-corrected chi connectivity index (χ1v) is 7.10. The number of fused-ring (bicyclic) bond motifs is 1. The normalized spacial score (nSPS) is 10.7. The summed E-state index contributed by atoms with van der Waals surface area (Å²) in [6, 6.07) is 10.4. The number of nitrogen functional groups attached to an aromatic ring is 1. The van der Waals surface area contributed by atoms with Crippen LogP contribution in [0.2, 0.25) is 0 Å². The molecule has 0 radical (unpaired) electrons. The van der Waals surface area contributed by atoms with Crippen molar-refractivity contribution in [1.82, 2.24) is 0 Å². The SMILES string of the molecule is COc1ccc(OC)c(C(=O)c2oc3ccc(N)cc3c2C)c1. The Morgan fingerprint density at radius 2 is 1.87 bits per heavy atom. The minimum Gasteiger partial charge on any atom is -0.497 e. The molecule has 0 aliphatic rings. The number of aryl methyl sites for hydroxylation is 1. The lowest BCUT2D eigenvalue weighted by molar-refractivity contribution is 0.101. The third-order valence-corrected chi connectivity index (χ3v) is 3.82. The zero-order valence-corrected chi connectivity index (χ0v) is 13.2. The summed E-state index contributed by atoms with van der Waals surface area (Å²) in [6.07, 6.45) is 0. The van der Waals surface area contributed by atoms with Crippen molar-refractivity contribution < 1.29 is 18.7 Å². The van der Waals surface area contributed by atoms with Gasteiger partial charge in [-0.3, -0.25) is 4.79 Å². The average molecular weight is 311 g/mol. The zero-order valence-electron chi connectivity index (χ0n) is 13.2. The van der Waals surface area contributed by atoms with Crippen LogP contribution in [-0.2, 0) is 0 Å². The molecule has 5 nitrogen and oxygen atoms in total. The van der Waals surface area contributed by atoms with Crippen molar-refractivity contribution in [2.24, 2.45) is 0 Å². The van der Waals surface area contributed by atoms with Gasteiger partial charge in [0.25, 0.3) is 0 Å². The van der Waals surface area contributed by atoms with Gasteiger partial charge in [-0.2, -0.15) is 0 Å². The molecule has 0 spiro atoms. The summed E-state index contributed by atoms with van der Waals surface area (Å²) in [5.74, 6) is 1.06. The second kappa shape index (κ2) is 5.68. The maximum atomic E-state index is 12.9. The van der Waals surface area contributed by atoms with Gasteiger partial charge in [0.1, 0.15) is 17.1 Å². The van der Waals surface area contributed by atoms with Gasteiger partial charge in [0.05, 0.1) is 19.8 Å². The maximum absolute atomic E-state index is 12.9. The molecule has 2 aromatic carbocycles. The lowest BCUT2D eigenvalue weighted by Crippen LogP contribution is -2.04. The smallest absolute Gasteiger partial charge is 0.232 e. The van der Waals surface area contributed by atoms with Crippen LogP contribution in [-0.4, -0.2) is 20.0 Å². The Kier molecular flexibility index (Phi) is 3.70. The average Bonchev–Trinajstić information content (AvgIpc) is 2.90. The molecule has 5 heteroatoms. The highest BCUT2D eigenvalue weighted by molar-refractivity contribution is 6.12. The van der Waals surface area contributed by atoms with Crippen molar-refractivity contribution in [1.29, 1.82) is 0 Å². The molecule has 3 rings (SSSR count). The molecule has 0 saturated carbocycles. The maximum Gasteiger partial charge on any atom is 0.232 e. The van der Waals surface area contributed by atoms with E-state index < -0.39 is 0 Å². The molecule has 0 fully saturated rings. The van der Waals surface area contributed by atoms with Crippen molar-refractivity contribution in [2.45, 2.75) is 6.92 Å². The molecule has 0 saturated heterocycles. The van der Waals surface area contributed by atoms with E-state index in [1.54, 1.807) is 43.5 Å². The summed E-state index contributed by atoms with van der Waals surface area (Å²) in [4.78, 5) is 12.9. The van der Waals surface area contributed by atoms with Crippen LogP contribution >= 0.6 is 0 Å². The number of benzene rings is 2. The summed E-state index contributed by atoms with van der Waals surface area (Å²) in [6.45, 7) is 1.84. The number of hydrogen-bond donors (Lipinski definition) is 1. The lowest BCUT2D eigenvalue weighted by Gasteiger charge is -2.08. The van der Waals surface area contributed by atoms with Crippen molar-refractivity contribution in [3.05, 3.63) is 53.3 Å². The van der Waals surface area contributed by atoms with Crippen LogP contribution in [0.15, 0.2) is 40.8 Å². The predicted molar refractivity (Wildman–Crippen MR) is 88.3 cm³/mol. The van der Waals surface area contributed by atoms with Gasteiger partial charge >= 0.3 is 0 Å². The highest BCUT2D eigenvalue weighted by Gasteiger charge is 2.23. The second-order valence-corrected chi connectivity index (χ2v) is 5.21. The van der Waals surface area contributed by atoms with E-state index in [0.717, 1.165) is 10.9 Å². The topological polar surface area (TPSA) is 74.7 Å². The van der Waals surface area contributed by atoms with Crippen LogP contribution < -0.4 is 15.2 Å². The number of ether oxygens (including phenoxy) is 2. The first kappa shape index (κ1) is 15.0. The van der Waals surface area contributed by atoms with Gasteiger partial charge in [-0.25, -0.2) is 0 Å². The van der Waals surface area contributed by atoms with Gasteiger partial charge in [-0.15, -0.1) is 0 Å². The van der Waals surface area contributed by atoms with E-state index in [9.17, 15) is 4.79 Å². The Balaban J connectivity index is 2.15. The standard InChI is InChI=1S/C18H17NO4/c1-10-13-8-11(19)4-6-16(13)23-18(10)17(20)14-9-12(21-2)5-7-15(14)22-3/h4-9H,19H2,1-3H3. The zero-order chi connectivity index (χ0) is 16.6. The summed E-state index contributed by atoms with van der Waals surface area (Å²) in [5.41, 5.74) is 8.20. The van der Waals surface area contributed by atoms with Crippen molar-refractivity contribution in [2.75, 3.05) is 20.0 Å². The molecule has 0 bridgehead atoms. The Labute approximate surface area is 133 Å². The third kappa shape index (κ3) is 2.50. The first-order chi connectivity index (χ1) is 11.0. The van der Waals surface area contributed by atoms with E-state index in [-0.39, 0.29) is 11.5 Å². The highest BCUT2D eigenvalue weighted by Crippen LogP contribution is 2.32. The number of carbonyl (C=O) groups excluding carboxylic acids is 1. The largest absolute Gasteiger partial charge is 0.497 e. The molecular formula is C18H17NO4. The Morgan fingerprint density at radius 1 is 1.09 bits per heavy atom. The fourth-order valence-corrected chi connectivity index (χ4v) is 2.57. The van der Waals surface area contributed by atoms with E-state index >= 15 is 0 Å². The van der Waals surface area contributed by atoms with E-state index in [1.807, 2.05) is 6.92 Å². The van der Waals surface area contributed by atoms with Crippen LogP contribution in [0.3, 0.4) is 0 Å². The number of carbonyl (C=O) groups is 1. The van der Waals surface area contributed by atoms with Gasteiger partial charge in [0.2, 0.25) is 5.78 Å². The first-order valence-electron chi connectivity index (χ1n) is 7.10. The molecule has 0 aliphatic heterocycles. The van der Waals surface area contributed by atoms with Crippen LogP contribution in [0, 0.1) is 6.92 Å². The Morgan fingerprint density at radius 3 is 2.57 bits per heavy atom. The second-order valence-electron chi connectivity index (χ2n) is 5.21. The summed E-state index contributed by atoms with van der Waals surface area (Å²) < 4.78 is 16.2. The van der Waals surface area contributed by atoms with Gasteiger partial charge in [0, 0.05) is 16.6 Å². The summed E-state index contributed by atoms with van der Waals surface area (Å²) >= 11 is 0. The van der Waals surface area contributed by atoms with E-state index in [2.05, 4.69) is 0 Å². The van der Waals surface area contributed by atoms with Crippen LogP contribution in [0.25, 0.3) is 11.0 Å². The Hall–Kier alpha value is -2.95. The highest BCUT2D eigenvalue weighted by atomic mass is 16.5. The molecule has 0 aliphatic carbocycles. The molecule has 0 atom stereocenters. The number of hydrogen-bond acceptors (Lipinski definition) is 5. The molecule has 1 aromatic heterocycles. The van der Waals surface area contributed by atoms with Crippen molar-refractivity contribution in [3.8, 4) is 11.5 Å². The van der Waals surface area contributed by atoms with E-state index in [1.165, 1.54) is 7.11 Å². The quantitative estimate of drug-likeness (QED) is 0.589. The predicted octanol–water partition coefficient (Wildman–Crippen LogP) is 3.57. The minimum atomic E-state index is -0.256. The number of ketones is 1. The molecule has 1 heterocycles. The molecular weight excluding hydrogens is 294 g/mol. The van der Waals surface area contributed by atoms with Gasteiger partial charge in [-0.1, -0.05) is 0 Å². The van der Waals surface area contributed by atoms with Crippen LogP contribution in [0.4, 0.5) is 5.69 Å². The number of furan rings is 1. The fourth-order valence-electron chi connectivity index (χ4n) is 2.57. The number of methoxy groups -OCH3 is 2. The summed E-state index contributed by atoms with van der Waals surface area (Å²) in [5, 5.41) is 0.829. The van der Waals surface area contributed by atoms with Gasteiger partial charge in [0.15, 0.2) is 5.76 Å².